The quantitative estimate of drug-likeness (QED) is 0.367. The predicted octanol–water partition coefficient (Wildman–Crippen LogP) is 3.99. The summed E-state index contributed by atoms with van der Waals surface area (Å²) < 4.78 is 26.1. The molecule has 4 N–H and O–H groups in total. The number of alkyl halides is 2. The van der Waals surface area contributed by atoms with Gasteiger partial charge in [-0.1, -0.05) is 0 Å². The Labute approximate surface area is 170 Å². The number of hydrogen-bond donors (Lipinski definition) is 4. The Morgan fingerprint density at radius 2 is 2.00 bits per heavy atom. The van der Waals surface area contributed by atoms with Gasteiger partial charge in [-0.2, -0.15) is 10.1 Å². The van der Waals surface area contributed by atoms with Crippen molar-refractivity contribution in [3.05, 3.63) is 54.1 Å². The third kappa shape index (κ3) is 3.93. The molecule has 30 heavy (non-hydrogen) atoms. The summed E-state index contributed by atoms with van der Waals surface area (Å²) >= 11 is 0. The minimum atomic E-state index is -2.56. The maximum atomic E-state index is 13.1. The molecular weight excluding hydrogens is 390 g/mol. The molecule has 4 aromatic rings. The molecule has 4 heterocycles. The van der Waals surface area contributed by atoms with Gasteiger partial charge in [-0.25, -0.2) is 13.8 Å². The molecule has 1 saturated carbocycles. The number of rotatable bonds is 7. The fraction of sp³-hybridized carbons (Fsp3) is 0.300. The van der Waals surface area contributed by atoms with E-state index in [1.54, 1.807) is 18.3 Å². The number of anilines is 3. The van der Waals surface area contributed by atoms with Gasteiger partial charge >= 0.3 is 0 Å². The first-order valence-electron chi connectivity index (χ1n) is 9.74. The number of aromatic amines is 2. The molecule has 0 atom stereocenters. The van der Waals surface area contributed by atoms with Crippen molar-refractivity contribution in [2.24, 2.45) is 0 Å². The monoisotopic (exact) mass is 410 g/mol. The van der Waals surface area contributed by atoms with E-state index in [4.69, 9.17) is 0 Å². The average molecular weight is 410 g/mol. The number of nitrogens with one attached hydrogen (secondary N) is 4. The first-order chi connectivity index (χ1) is 14.5. The number of halogens is 2. The zero-order valence-electron chi connectivity index (χ0n) is 16.0. The summed E-state index contributed by atoms with van der Waals surface area (Å²) in [5, 5.41) is 13.2. The lowest BCUT2D eigenvalue weighted by Gasteiger charge is -2.33. The maximum absolute atomic E-state index is 13.1. The smallest absolute Gasteiger partial charge is 0.249 e. The summed E-state index contributed by atoms with van der Waals surface area (Å²) in [5.41, 5.74) is 3.65. The second-order valence-electron chi connectivity index (χ2n) is 7.45. The van der Waals surface area contributed by atoms with Gasteiger partial charge in [0.25, 0.3) is 0 Å². The second kappa shape index (κ2) is 7.36. The fourth-order valence-electron chi connectivity index (χ4n) is 3.55. The number of aromatic nitrogens is 6. The van der Waals surface area contributed by atoms with Crippen molar-refractivity contribution < 1.29 is 8.78 Å². The van der Waals surface area contributed by atoms with Gasteiger partial charge in [0, 0.05) is 61.6 Å². The Morgan fingerprint density at radius 1 is 1.10 bits per heavy atom. The predicted molar refractivity (Wildman–Crippen MR) is 109 cm³/mol. The topological polar surface area (TPSA) is 107 Å². The van der Waals surface area contributed by atoms with E-state index in [2.05, 4.69) is 40.8 Å². The summed E-state index contributed by atoms with van der Waals surface area (Å²) in [6, 6.07) is 9.42. The van der Waals surface area contributed by atoms with Gasteiger partial charge in [0.15, 0.2) is 5.82 Å². The molecule has 1 aliphatic carbocycles. The van der Waals surface area contributed by atoms with Crippen LogP contribution in [0.2, 0.25) is 0 Å². The van der Waals surface area contributed by atoms with Crippen molar-refractivity contribution in [2.75, 3.05) is 17.2 Å². The van der Waals surface area contributed by atoms with Gasteiger partial charge in [-0.15, -0.1) is 0 Å². The van der Waals surface area contributed by atoms with Crippen LogP contribution in [-0.4, -0.2) is 42.6 Å². The van der Waals surface area contributed by atoms with Gasteiger partial charge < -0.3 is 15.6 Å². The van der Waals surface area contributed by atoms with Crippen LogP contribution in [0.15, 0.2) is 42.7 Å². The SMILES string of the molecule is FC1(F)CC(c2cc(Nc3ccnc(NCCc4ccc5[nH]ccc5n4)n3)n[nH]2)C1. The maximum Gasteiger partial charge on any atom is 0.249 e. The number of nitrogens with zero attached hydrogens (tertiary/aromatic N) is 4. The van der Waals surface area contributed by atoms with E-state index in [1.807, 2.05) is 24.4 Å². The van der Waals surface area contributed by atoms with Crippen LogP contribution >= 0.6 is 0 Å². The lowest BCUT2D eigenvalue weighted by atomic mass is 9.79. The van der Waals surface area contributed by atoms with Gasteiger partial charge in [0.1, 0.15) is 5.82 Å². The molecule has 0 unspecified atom stereocenters. The van der Waals surface area contributed by atoms with Crippen molar-refractivity contribution in [3.8, 4) is 0 Å². The molecule has 0 radical (unpaired) electrons. The number of pyridine rings is 1. The Hall–Kier alpha value is -3.56. The minimum absolute atomic E-state index is 0.137. The third-order valence-corrected chi connectivity index (χ3v) is 5.17. The fourth-order valence-corrected chi connectivity index (χ4v) is 3.55. The molecule has 5 rings (SSSR count). The summed E-state index contributed by atoms with van der Waals surface area (Å²) in [6.45, 7) is 0.634. The number of hydrogen-bond acceptors (Lipinski definition) is 6. The van der Waals surface area contributed by atoms with E-state index in [0.29, 0.717) is 29.8 Å². The Bertz CT molecular complexity index is 1160. The van der Waals surface area contributed by atoms with Crippen LogP contribution in [0, 0.1) is 0 Å². The lowest BCUT2D eigenvalue weighted by Crippen LogP contribution is -2.33. The standard InChI is InChI=1S/C20H20F2N8/c21-20(22)10-12(11-20)16-9-18(30-29-16)27-17-5-8-25-19(28-17)24-6-3-13-1-2-14-15(26-13)4-7-23-14/h1-2,4-5,7-9,12,23H,3,6,10-11H2,(H3,24,25,27,28,29,30). The molecule has 0 saturated heterocycles. The first-order valence-corrected chi connectivity index (χ1v) is 9.74. The van der Waals surface area contributed by atoms with Crippen molar-refractivity contribution in [1.29, 1.82) is 0 Å². The molecular formula is C20H20F2N8. The van der Waals surface area contributed by atoms with E-state index in [-0.39, 0.29) is 18.8 Å². The number of H-pyrrole nitrogens is 2. The van der Waals surface area contributed by atoms with Crippen molar-refractivity contribution >= 4 is 28.6 Å². The summed E-state index contributed by atoms with van der Waals surface area (Å²) in [7, 11) is 0. The molecule has 8 nitrogen and oxygen atoms in total. The van der Waals surface area contributed by atoms with Crippen molar-refractivity contribution in [2.45, 2.75) is 31.1 Å². The van der Waals surface area contributed by atoms with E-state index < -0.39 is 5.92 Å². The van der Waals surface area contributed by atoms with Crippen LogP contribution < -0.4 is 10.6 Å². The lowest BCUT2D eigenvalue weighted by molar-refractivity contribution is -0.0876. The van der Waals surface area contributed by atoms with Gasteiger partial charge in [0.2, 0.25) is 11.9 Å². The van der Waals surface area contributed by atoms with Crippen LogP contribution in [0.5, 0.6) is 0 Å². The van der Waals surface area contributed by atoms with E-state index >= 15 is 0 Å². The molecule has 154 valence electrons. The Kier molecular flexibility index (Phi) is 4.53. The van der Waals surface area contributed by atoms with Gasteiger partial charge in [-0.3, -0.25) is 10.1 Å². The van der Waals surface area contributed by atoms with Gasteiger partial charge in [0.05, 0.1) is 11.0 Å². The second-order valence-corrected chi connectivity index (χ2v) is 7.45. The highest BCUT2D eigenvalue weighted by molar-refractivity contribution is 5.74. The zero-order chi connectivity index (χ0) is 20.6. The third-order valence-electron chi connectivity index (χ3n) is 5.17. The normalized spacial score (nSPS) is 15.8. The van der Waals surface area contributed by atoms with Crippen LogP contribution in [0.3, 0.4) is 0 Å². The minimum Gasteiger partial charge on any atom is -0.360 e. The molecule has 0 aromatic carbocycles. The molecule has 10 heteroatoms. The summed E-state index contributed by atoms with van der Waals surface area (Å²) in [4.78, 5) is 16.4. The van der Waals surface area contributed by atoms with Crippen LogP contribution in [0.25, 0.3) is 11.0 Å². The highest BCUT2D eigenvalue weighted by Gasteiger charge is 2.46. The van der Waals surface area contributed by atoms with E-state index in [9.17, 15) is 8.78 Å². The Balaban J connectivity index is 1.17. The highest BCUT2D eigenvalue weighted by atomic mass is 19.3. The Morgan fingerprint density at radius 3 is 2.87 bits per heavy atom. The molecule has 1 fully saturated rings. The molecule has 0 bridgehead atoms. The van der Waals surface area contributed by atoms with Crippen LogP contribution in [-0.2, 0) is 6.42 Å². The molecule has 0 amide bonds. The zero-order valence-corrected chi connectivity index (χ0v) is 16.0. The van der Waals surface area contributed by atoms with E-state index in [1.165, 1.54) is 0 Å². The highest BCUT2D eigenvalue weighted by Crippen LogP contribution is 2.47. The van der Waals surface area contributed by atoms with Crippen molar-refractivity contribution in [3.63, 3.8) is 0 Å². The number of fused-ring (bicyclic) bond motifs is 1. The molecule has 0 aliphatic heterocycles. The molecule has 1 aliphatic rings. The average Bonchev–Trinajstić information content (AvgIpc) is 3.35. The summed E-state index contributed by atoms with van der Waals surface area (Å²) in [5.74, 6) is -1.15. The molecule has 0 spiro atoms. The van der Waals surface area contributed by atoms with Gasteiger partial charge in [-0.05, 0) is 24.3 Å². The van der Waals surface area contributed by atoms with Crippen LogP contribution in [0.4, 0.5) is 26.4 Å². The largest absolute Gasteiger partial charge is 0.360 e. The first kappa shape index (κ1) is 18.5. The molecule has 4 aromatic heterocycles. The summed E-state index contributed by atoms with van der Waals surface area (Å²) in [6.07, 6.45) is 3.97. The van der Waals surface area contributed by atoms with E-state index in [0.717, 1.165) is 23.1 Å². The van der Waals surface area contributed by atoms with Crippen LogP contribution in [0.1, 0.15) is 30.1 Å². The van der Waals surface area contributed by atoms with Crippen molar-refractivity contribution in [1.82, 2.24) is 30.1 Å².